The number of rotatable bonds is 2. The van der Waals surface area contributed by atoms with E-state index in [1.165, 1.54) is 9.91 Å². The van der Waals surface area contributed by atoms with Gasteiger partial charge in [0, 0.05) is 0 Å². The molecule has 2 nitrogen and oxygen atoms in total. The minimum absolute atomic E-state index is 0.252. The van der Waals surface area contributed by atoms with Gasteiger partial charge in [-0.15, -0.1) is 0 Å². The van der Waals surface area contributed by atoms with Crippen LogP contribution in [0.1, 0.15) is 11.7 Å². The van der Waals surface area contributed by atoms with Crippen LogP contribution in [0.25, 0.3) is 0 Å². The average molecular weight is 267 g/mol. The Morgan fingerprint density at radius 2 is 2.00 bits per heavy atom. The number of benzene rings is 1. The third-order valence-electron chi connectivity index (χ3n) is 2.71. The van der Waals surface area contributed by atoms with Crippen molar-refractivity contribution in [1.29, 1.82) is 0 Å². The van der Waals surface area contributed by atoms with E-state index in [0.717, 1.165) is 19.7 Å². The average Bonchev–Trinajstić information content (AvgIpc) is 2.30. The molecule has 1 fully saturated rings. The van der Waals surface area contributed by atoms with Gasteiger partial charge in [0.2, 0.25) is 0 Å². The fourth-order valence-corrected chi connectivity index (χ4v) is 3.33. The van der Waals surface area contributed by atoms with Crippen molar-refractivity contribution in [3.05, 3.63) is 29.8 Å². The van der Waals surface area contributed by atoms with E-state index in [9.17, 15) is 0 Å². The van der Waals surface area contributed by atoms with Crippen LogP contribution in [0.4, 0.5) is 0 Å². The summed E-state index contributed by atoms with van der Waals surface area (Å²) < 4.78 is 7.25. The van der Waals surface area contributed by atoms with Crippen LogP contribution in [-0.2, 0) is 4.74 Å². The van der Waals surface area contributed by atoms with Crippen LogP contribution >= 0.6 is 0 Å². The number of nitrogens with one attached hydrogen (secondary N) is 1. The first-order chi connectivity index (χ1) is 7.27. The van der Waals surface area contributed by atoms with Gasteiger partial charge >= 0.3 is 96.1 Å². The van der Waals surface area contributed by atoms with E-state index in [-0.39, 0.29) is 6.10 Å². The maximum absolute atomic E-state index is 5.71. The number of hydrogen-bond acceptors (Lipinski definition) is 2. The van der Waals surface area contributed by atoms with Crippen LogP contribution < -0.4 is 9.67 Å². The molecule has 0 aromatic heterocycles. The Hall–Kier alpha value is -0.302. The molecule has 1 saturated heterocycles. The van der Waals surface area contributed by atoms with Gasteiger partial charge in [-0.2, -0.15) is 0 Å². The summed E-state index contributed by atoms with van der Waals surface area (Å²) in [6, 6.07) is 8.99. The molecule has 3 heteroatoms. The third kappa shape index (κ3) is 2.84. The molecule has 1 aromatic carbocycles. The van der Waals surface area contributed by atoms with Gasteiger partial charge in [0.15, 0.2) is 0 Å². The molecule has 0 radical (unpaired) electrons. The van der Waals surface area contributed by atoms with Gasteiger partial charge in [-0.3, -0.25) is 0 Å². The monoisotopic (exact) mass is 267 g/mol. The van der Waals surface area contributed by atoms with Crippen LogP contribution in [0, 0.1) is 0 Å². The number of morpholine rings is 1. The van der Waals surface area contributed by atoms with Crippen molar-refractivity contribution in [2.75, 3.05) is 19.7 Å². The third-order valence-corrected chi connectivity index (χ3v) is 5.50. The van der Waals surface area contributed by atoms with Gasteiger partial charge < -0.3 is 0 Å². The first kappa shape index (κ1) is 11.2. The van der Waals surface area contributed by atoms with Crippen molar-refractivity contribution in [3.63, 3.8) is 0 Å². The van der Waals surface area contributed by atoms with Crippen molar-refractivity contribution in [3.8, 4) is 0 Å². The Morgan fingerprint density at radius 3 is 2.53 bits per heavy atom. The predicted molar refractivity (Wildman–Crippen MR) is 65.1 cm³/mol. The SMILES string of the molecule is C[As](C)c1ccc([C@H]2CNCCO2)cc1. The second-order valence-corrected chi connectivity index (χ2v) is 8.89. The summed E-state index contributed by atoms with van der Waals surface area (Å²) in [5, 5.41) is 3.35. The fourth-order valence-electron chi connectivity index (χ4n) is 1.77. The molecule has 0 amide bonds. The second-order valence-electron chi connectivity index (χ2n) is 4.05. The zero-order valence-electron chi connectivity index (χ0n) is 9.36. The van der Waals surface area contributed by atoms with E-state index in [4.69, 9.17) is 4.74 Å². The molecule has 82 valence electrons. The molecule has 0 unspecified atom stereocenters. The summed E-state index contributed by atoms with van der Waals surface area (Å²) in [4.78, 5) is 0. The van der Waals surface area contributed by atoms with Crippen molar-refractivity contribution in [2.24, 2.45) is 0 Å². The molecule has 1 N–H and O–H groups in total. The summed E-state index contributed by atoms with van der Waals surface area (Å²) in [6.45, 7) is 2.75. The molecule has 1 heterocycles. The summed E-state index contributed by atoms with van der Waals surface area (Å²) in [5.41, 5.74) is 6.03. The molecule has 1 aliphatic heterocycles. The van der Waals surface area contributed by atoms with Crippen LogP contribution in [0.5, 0.6) is 0 Å². The van der Waals surface area contributed by atoms with Gasteiger partial charge in [-0.1, -0.05) is 0 Å². The Kier molecular flexibility index (Phi) is 3.85. The van der Waals surface area contributed by atoms with Crippen LogP contribution in [0.3, 0.4) is 0 Å². The van der Waals surface area contributed by atoms with Crippen LogP contribution in [0.15, 0.2) is 24.3 Å². The van der Waals surface area contributed by atoms with E-state index < -0.39 is 14.7 Å². The van der Waals surface area contributed by atoms with Gasteiger partial charge in [0.25, 0.3) is 0 Å². The molecule has 15 heavy (non-hydrogen) atoms. The quantitative estimate of drug-likeness (QED) is 0.816. The number of hydrogen-bond donors (Lipinski definition) is 1. The Bertz CT molecular complexity index is 304. The van der Waals surface area contributed by atoms with E-state index in [0.29, 0.717) is 0 Å². The molecule has 0 spiro atoms. The van der Waals surface area contributed by atoms with Crippen LogP contribution in [-0.4, -0.2) is 34.3 Å². The van der Waals surface area contributed by atoms with Gasteiger partial charge in [0.1, 0.15) is 0 Å². The molecule has 0 bridgehead atoms. The van der Waals surface area contributed by atoms with Crippen molar-refractivity contribution in [2.45, 2.75) is 17.5 Å². The van der Waals surface area contributed by atoms with E-state index in [1.54, 1.807) is 0 Å². The summed E-state index contributed by atoms with van der Waals surface area (Å²) in [6.07, 6.45) is 0.252. The summed E-state index contributed by atoms with van der Waals surface area (Å²) in [5.74, 6) is 0. The molecular weight excluding hydrogens is 249 g/mol. The fraction of sp³-hybridized carbons (Fsp3) is 0.500. The topological polar surface area (TPSA) is 21.3 Å². The Balaban J connectivity index is 2.08. The standard InChI is InChI=1S/C12H18AsNO/c1-13(2)11-5-3-10(4-6-11)12-9-14-7-8-15-12/h3-6,12,14H,7-9H2,1-2H3/t12-/m1/s1. The van der Waals surface area contributed by atoms with E-state index >= 15 is 0 Å². The van der Waals surface area contributed by atoms with Crippen molar-refractivity contribution in [1.82, 2.24) is 5.32 Å². The Morgan fingerprint density at radius 1 is 1.27 bits per heavy atom. The molecule has 1 atom stereocenters. The number of ether oxygens (including phenoxy) is 1. The van der Waals surface area contributed by atoms with Gasteiger partial charge in [0.05, 0.1) is 0 Å². The molecule has 1 aromatic rings. The van der Waals surface area contributed by atoms with Gasteiger partial charge in [-0.05, 0) is 0 Å². The maximum atomic E-state index is 5.71. The van der Waals surface area contributed by atoms with Crippen LogP contribution in [0.2, 0.25) is 11.4 Å². The molecular formula is C12H18AsNO. The normalized spacial score (nSPS) is 21.9. The zero-order chi connectivity index (χ0) is 10.7. The van der Waals surface area contributed by atoms with Gasteiger partial charge in [-0.25, -0.2) is 0 Å². The molecule has 0 saturated carbocycles. The summed E-state index contributed by atoms with van der Waals surface area (Å²) in [7, 11) is 0. The second kappa shape index (κ2) is 5.16. The summed E-state index contributed by atoms with van der Waals surface area (Å²) >= 11 is -0.711. The van der Waals surface area contributed by atoms with E-state index in [1.807, 2.05) is 0 Å². The molecule has 1 aliphatic rings. The first-order valence-electron chi connectivity index (χ1n) is 5.37. The molecule has 2 rings (SSSR count). The van der Waals surface area contributed by atoms with Crippen molar-refractivity contribution >= 4 is 19.0 Å². The minimum atomic E-state index is -0.711. The van der Waals surface area contributed by atoms with E-state index in [2.05, 4.69) is 41.0 Å². The van der Waals surface area contributed by atoms with Crippen molar-refractivity contribution < 1.29 is 4.74 Å². The zero-order valence-corrected chi connectivity index (χ0v) is 11.2. The molecule has 0 aliphatic carbocycles. The Labute approximate surface area is 96.3 Å². The predicted octanol–water partition coefficient (Wildman–Crippen LogP) is 1.31. The first-order valence-corrected chi connectivity index (χ1v) is 10.1.